The van der Waals surface area contributed by atoms with Gasteiger partial charge >= 0.3 is 5.97 Å². The van der Waals surface area contributed by atoms with E-state index in [-0.39, 0.29) is 0 Å². The van der Waals surface area contributed by atoms with Gasteiger partial charge in [0, 0.05) is 12.4 Å². The summed E-state index contributed by atoms with van der Waals surface area (Å²) in [5, 5.41) is 8.80. The lowest BCUT2D eigenvalue weighted by molar-refractivity contribution is -0.150. The second-order valence-corrected chi connectivity index (χ2v) is 4.75. The molecular weight excluding hydrogens is 236 g/mol. The molecule has 0 fully saturated rings. The molecular formula is C8H12N2O3S2. The van der Waals surface area contributed by atoms with Crippen molar-refractivity contribution in [2.24, 2.45) is 0 Å². The van der Waals surface area contributed by atoms with Crippen molar-refractivity contribution in [3.63, 3.8) is 0 Å². The van der Waals surface area contributed by atoms with Crippen molar-refractivity contribution < 1.29 is 14.6 Å². The number of ether oxygens (including phenoxy) is 1. The van der Waals surface area contributed by atoms with Gasteiger partial charge in [-0.3, -0.25) is 0 Å². The smallest absolute Gasteiger partial charge is 0.332 e. The number of carboxylic acid groups (broad SMARTS) is 1. The number of hydrogen-bond acceptors (Lipinski definition) is 6. The average molecular weight is 248 g/mol. The molecule has 0 aromatic carbocycles. The molecule has 84 valence electrons. The number of thioether (sulfide) groups is 1. The largest absolute Gasteiger partial charge is 0.479 e. The number of rotatable bonds is 7. The zero-order chi connectivity index (χ0) is 11.1. The molecule has 0 saturated heterocycles. The standard InChI is InChI=1S/C8H12N2O3S2/c1-2-13-6(7(11)12)3-4-14-8-9-5-10-15-8/h5-6H,2-4H2,1H3,(H,11,12). The predicted molar refractivity (Wildman–Crippen MR) is 58.3 cm³/mol. The van der Waals surface area contributed by atoms with Gasteiger partial charge in [0.1, 0.15) is 6.33 Å². The SMILES string of the molecule is CCOC(CCSc1ncns1)C(=O)O. The number of carbonyl (C=O) groups is 1. The number of aliphatic carboxylic acids is 1. The predicted octanol–water partition coefficient (Wildman–Crippen LogP) is 1.51. The summed E-state index contributed by atoms with van der Waals surface area (Å²) in [6.45, 7) is 2.20. The van der Waals surface area contributed by atoms with Crippen molar-refractivity contribution in [3.05, 3.63) is 6.33 Å². The Morgan fingerprint density at radius 2 is 2.60 bits per heavy atom. The fourth-order valence-corrected chi connectivity index (χ4v) is 2.46. The molecule has 0 bridgehead atoms. The average Bonchev–Trinajstić information content (AvgIpc) is 2.69. The highest BCUT2D eigenvalue weighted by Gasteiger charge is 2.16. The van der Waals surface area contributed by atoms with Gasteiger partial charge in [-0.25, -0.2) is 9.78 Å². The summed E-state index contributed by atoms with van der Waals surface area (Å²) in [7, 11) is 0. The van der Waals surface area contributed by atoms with Crippen molar-refractivity contribution >= 4 is 29.3 Å². The van der Waals surface area contributed by atoms with Gasteiger partial charge in [0.15, 0.2) is 10.4 Å². The van der Waals surface area contributed by atoms with Gasteiger partial charge in [0.25, 0.3) is 0 Å². The van der Waals surface area contributed by atoms with Crippen LogP contribution in [0, 0.1) is 0 Å². The molecule has 0 spiro atoms. The highest BCUT2D eigenvalue weighted by atomic mass is 32.2. The Morgan fingerprint density at radius 1 is 1.80 bits per heavy atom. The zero-order valence-corrected chi connectivity index (χ0v) is 9.88. The molecule has 0 radical (unpaired) electrons. The van der Waals surface area contributed by atoms with Crippen LogP contribution in [0.5, 0.6) is 0 Å². The number of carboxylic acids is 1. The van der Waals surface area contributed by atoms with E-state index in [1.807, 2.05) is 0 Å². The van der Waals surface area contributed by atoms with E-state index in [1.54, 1.807) is 6.92 Å². The van der Waals surface area contributed by atoms with Crippen molar-refractivity contribution in [1.29, 1.82) is 0 Å². The molecule has 0 aliphatic heterocycles. The maximum absolute atomic E-state index is 10.7. The van der Waals surface area contributed by atoms with Crippen LogP contribution in [0.15, 0.2) is 10.7 Å². The van der Waals surface area contributed by atoms with Crippen LogP contribution in [0.4, 0.5) is 0 Å². The molecule has 5 nitrogen and oxygen atoms in total. The summed E-state index contributed by atoms with van der Waals surface area (Å²) < 4.78 is 9.79. The third-order valence-corrected chi connectivity index (χ3v) is 3.42. The Hall–Kier alpha value is -0.660. The minimum atomic E-state index is -0.908. The minimum Gasteiger partial charge on any atom is -0.479 e. The highest BCUT2D eigenvalue weighted by Crippen LogP contribution is 2.20. The van der Waals surface area contributed by atoms with Crippen LogP contribution in [0.3, 0.4) is 0 Å². The minimum absolute atomic E-state index is 0.417. The summed E-state index contributed by atoms with van der Waals surface area (Å²) in [5.41, 5.74) is 0. The molecule has 0 aliphatic rings. The van der Waals surface area contributed by atoms with E-state index in [9.17, 15) is 4.79 Å². The van der Waals surface area contributed by atoms with Crippen LogP contribution in [-0.2, 0) is 9.53 Å². The molecule has 0 aliphatic carbocycles. The van der Waals surface area contributed by atoms with Gasteiger partial charge in [0.2, 0.25) is 0 Å². The topological polar surface area (TPSA) is 72.3 Å². The molecule has 1 unspecified atom stereocenters. The summed E-state index contributed by atoms with van der Waals surface area (Å²) >= 11 is 2.81. The molecule has 0 amide bonds. The van der Waals surface area contributed by atoms with E-state index in [1.165, 1.54) is 29.6 Å². The van der Waals surface area contributed by atoms with Gasteiger partial charge in [-0.15, -0.1) is 0 Å². The van der Waals surface area contributed by atoms with Crippen molar-refractivity contribution in [2.75, 3.05) is 12.4 Å². The lowest BCUT2D eigenvalue weighted by atomic mass is 10.3. The molecule has 1 atom stereocenters. The van der Waals surface area contributed by atoms with Crippen LogP contribution in [0.2, 0.25) is 0 Å². The maximum atomic E-state index is 10.7. The van der Waals surface area contributed by atoms with Crippen LogP contribution < -0.4 is 0 Å². The molecule has 15 heavy (non-hydrogen) atoms. The quantitative estimate of drug-likeness (QED) is 0.737. The van der Waals surface area contributed by atoms with Crippen LogP contribution in [0.25, 0.3) is 0 Å². The van der Waals surface area contributed by atoms with Gasteiger partial charge in [-0.2, -0.15) is 4.37 Å². The second kappa shape index (κ2) is 6.76. The van der Waals surface area contributed by atoms with Gasteiger partial charge in [0.05, 0.1) is 0 Å². The molecule has 1 N–H and O–H groups in total. The third-order valence-electron chi connectivity index (χ3n) is 1.59. The second-order valence-electron chi connectivity index (χ2n) is 2.63. The molecule has 1 aromatic heterocycles. The lowest BCUT2D eigenvalue weighted by Gasteiger charge is -2.10. The summed E-state index contributed by atoms with van der Waals surface area (Å²) in [6.07, 6.45) is 1.26. The Labute approximate surface area is 96.0 Å². The molecule has 7 heteroatoms. The van der Waals surface area contributed by atoms with Crippen LogP contribution >= 0.6 is 23.3 Å². The van der Waals surface area contributed by atoms with Crippen molar-refractivity contribution in [1.82, 2.24) is 9.36 Å². The lowest BCUT2D eigenvalue weighted by Crippen LogP contribution is -2.24. The van der Waals surface area contributed by atoms with E-state index >= 15 is 0 Å². The molecule has 1 aromatic rings. The first-order valence-electron chi connectivity index (χ1n) is 4.48. The monoisotopic (exact) mass is 248 g/mol. The zero-order valence-electron chi connectivity index (χ0n) is 8.25. The molecule has 1 heterocycles. The number of aromatic nitrogens is 2. The maximum Gasteiger partial charge on any atom is 0.332 e. The van der Waals surface area contributed by atoms with E-state index < -0.39 is 12.1 Å². The van der Waals surface area contributed by atoms with E-state index in [0.29, 0.717) is 18.8 Å². The molecule has 0 saturated carbocycles. The first kappa shape index (κ1) is 12.4. The Bertz CT molecular complexity index is 292. The van der Waals surface area contributed by atoms with Crippen molar-refractivity contribution in [2.45, 2.75) is 23.8 Å². The van der Waals surface area contributed by atoms with E-state index in [4.69, 9.17) is 9.84 Å². The first-order valence-corrected chi connectivity index (χ1v) is 6.23. The number of nitrogens with zero attached hydrogens (tertiary/aromatic N) is 2. The summed E-state index contributed by atoms with van der Waals surface area (Å²) in [4.78, 5) is 14.7. The fraction of sp³-hybridized carbons (Fsp3) is 0.625. The fourth-order valence-electron chi connectivity index (χ4n) is 0.959. The van der Waals surface area contributed by atoms with Crippen LogP contribution in [-0.4, -0.2) is 38.9 Å². The van der Waals surface area contributed by atoms with E-state index in [0.717, 1.165) is 4.34 Å². The normalized spacial score (nSPS) is 12.6. The van der Waals surface area contributed by atoms with E-state index in [2.05, 4.69) is 9.36 Å². The van der Waals surface area contributed by atoms with Gasteiger partial charge < -0.3 is 9.84 Å². The third kappa shape index (κ3) is 4.59. The molecule has 1 rings (SSSR count). The summed E-state index contributed by atoms with van der Waals surface area (Å²) in [5.74, 6) is -0.235. The Balaban J connectivity index is 2.25. The Morgan fingerprint density at radius 3 is 3.13 bits per heavy atom. The Kier molecular flexibility index (Phi) is 5.59. The first-order chi connectivity index (χ1) is 7.24. The number of hydrogen-bond donors (Lipinski definition) is 1. The van der Waals surface area contributed by atoms with Crippen LogP contribution in [0.1, 0.15) is 13.3 Å². The van der Waals surface area contributed by atoms with Crippen molar-refractivity contribution in [3.8, 4) is 0 Å². The summed E-state index contributed by atoms with van der Waals surface area (Å²) in [6, 6.07) is 0. The van der Waals surface area contributed by atoms with Gasteiger partial charge in [-0.05, 0) is 24.9 Å². The highest BCUT2D eigenvalue weighted by molar-refractivity contribution is 8.00. The van der Waals surface area contributed by atoms with Gasteiger partial charge in [-0.1, -0.05) is 11.8 Å².